The van der Waals surface area contributed by atoms with Crippen LogP contribution in [-0.4, -0.2) is 42.9 Å². The summed E-state index contributed by atoms with van der Waals surface area (Å²) in [5.41, 5.74) is 2.42. The molecule has 2 aliphatic carbocycles. The van der Waals surface area contributed by atoms with Crippen LogP contribution >= 0.6 is 15.9 Å². The van der Waals surface area contributed by atoms with Gasteiger partial charge in [0.25, 0.3) is 0 Å². The summed E-state index contributed by atoms with van der Waals surface area (Å²) in [5.74, 6) is -2.03. The van der Waals surface area contributed by atoms with Crippen LogP contribution in [-0.2, 0) is 19.1 Å². The highest BCUT2D eigenvalue weighted by Gasteiger charge is 2.76. The first kappa shape index (κ1) is 22.7. The molecule has 0 unspecified atom stereocenters. The van der Waals surface area contributed by atoms with Gasteiger partial charge >= 0.3 is 5.97 Å². The summed E-state index contributed by atoms with van der Waals surface area (Å²) in [5, 5.41) is 3.63. The lowest BCUT2D eigenvalue weighted by molar-refractivity contribution is -0.150. The molecule has 7 heteroatoms. The molecule has 3 fully saturated rings. The minimum Gasteiger partial charge on any atom is -0.468 e. The molecule has 180 valence electrons. The quantitative estimate of drug-likeness (QED) is 0.368. The van der Waals surface area contributed by atoms with Gasteiger partial charge in [0.15, 0.2) is 0 Å². The number of allylic oxidation sites excluding steroid dienone is 2. The van der Waals surface area contributed by atoms with Crippen LogP contribution < -0.4 is 5.32 Å². The lowest BCUT2D eigenvalue weighted by Gasteiger charge is -2.52. The van der Waals surface area contributed by atoms with Crippen molar-refractivity contribution in [3.8, 4) is 0 Å². The number of hydrogen-bond donors (Lipinski definition) is 1. The zero-order chi connectivity index (χ0) is 24.6. The normalized spacial score (nSPS) is 36.9. The van der Waals surface area contributed by atoms with Crippen LogP contribution in [0.4, 0.5) is 0 Å². The fourth-order valence-electron chi connectivity index (χ4n) is 7.50. The van der Waals surface area contributed by atoms with Gasteiger partial charge in [0, 0.05) is 28.9 Å². The number of rotatable bonds is 3. The number of nitrogens with zero attached hydrogens (tertiary/aromatic N) is 1. The largest absolute Gasteiger partial charge is 0.468 e. The number of halogens is 1. The van der Waals surface area contributed by atoms with E-state index in [1.54, 1.807) is 7.05 Å². The van der Waals surface area contributed by atoms with Gasteiger partial charge in [-0.25, -0.2) is 0 Å². The lowest BCUT2D eigenvalue weighted by Crippen LogP contribution is -2.60. The average Bonchev–Trinajstić information content (AvgIpc) is 3.47. The average molecular weight is 535 g/mol. The monoisotopic (exact) mass is 534 g/mol. The van der Waals surface area contributed by atoms with E-state index in [1.807, 2.05) is 55.5 Å². The third-order valence-corrected chi connectivity index (χ3v) is 9.36. The Morgan fingerprint density at radius 1 is 1.00 bits per heavy atom. The Morgan fingerprint density at radius 3 is 2.31 bits per heavy atom. The third-order valence-electron chi connectivity index (χ3n) is 8.83. The van der Waals surface area contributed by atoms with Gasteiger partial charge in [0.1, 0.15) is 6.04 Å². The maximum Gasteiger partial charge on any atom is 0.323 e. The number of hydrogen-bond acceptors (Lipinski definition) is 5. The van der Waals surface area contributed by atoms with Gasteiger partial charge in [0.2, 0.25) is 11.8 Å². The summed E-state index contributed by atoms with van der Waals surface area (Å²) in [6.45, 7) is 2.02. The fraction of sp³-hybridized carbons (Fsp3) is 0.393. The molecule has 2 saturated heterocycles. The second-order valence-electron chi connectivity index (χ2n) is 10.3. The second kappa shape index (κ2) is 7.87. The van der Waals surface area contributed by atoms with E-state index in [2.05, 4.69) is 33.4 Å². The molecule has 35 heavy (non-hydrogen) atoms. The second-order valence-corrected chi connectivity index (χ2v) is 11.2. The minimum absolute atomic E-state index is 0.0486. The number of likely N-dealkylation sites (tertiary alicyclic amines) is 1. The van der Waals surface area contributed by atoms with E-state index in [1.165, 1.54) is 12.0 Å². The zero-order valence-electron chi connectivity index (χ0n) is 19.8. The van der Waals surface area contributed by atoms with Crippen LogP contribution in [0.25, 0.3) is 0 Å². The van der Waals surface area contributed by atoms with Crippen molar-refractivity contribution in [1.82, 2.24) is 10.2 Å². The van der Waals surface area contributed by atoms with Crippen molar-refractivity contribution in [1.29, 1.82) is 0 Å². The molecule has 4 aliphatic rings. The number of carbonyl (C=O) groups is 3. The number of methoxy groups -OCH3 is 1. The Kier molecular flexibility index (Phi) is 5.10. The van der Waals surface area contributed by atoms with Gasteiger partial charge in [0.05, 0.1) is 18.9 Å². The summed E-state index contributed by atoms with van der Waals surface area (Å²) in [6, 6.07) is 15.3. The third kappa shape index (κ3) is 2.94. The first-order chi connectivity index (χ1) is 16.8. The van der Waals surface area contributed by atoms with Gasteiger partial charge in [-0.1, -0.05) is 70.0 Å². The molecule has 2 bridgehead atoms. The van der Waals surface area contributed by atoms with E-state index in [0.29, 0.717) is 0 Å². The predicted octanol–water partition coefficient (Wildman–Crippen LogP) is 3.76. The SMILES string of the molecule is COC(=O)[C@H]1N[C@@H](c2ccc(Br)cc2)[C@@H]2[C@@H]3C=C[C@]2([C@H]2C(=O)N(C)C(=O)[C@@H]32)[C@H]1c1ccc(C)cc1. The number of nitrogens with one attached hydrogen (secondary N) is 1. The molecule has 6 nitrogen and oxygen atoms in total. The zero-order valence-corrected chi connectivity index (χ0v) is 21.4. The standard InChI is InChI=1S/C28H27BrN2O4/c1-14-4-6-15(7-5-14)20-24(27(34)35-3)30-23(16-8-10-17(29)11-9-16)21-18-12-13-28(20,21)22-19(18)25(32)31(2)26(22)33/h4-13,18-24,30H,1-3H3/t18-,19+,20+,21+,22-,23+,24+,28+/m1/s1. The number of ether oxygens (including phenoxy) is 1. The van der Waals surface area contributed by atoms with Crippen LogP contribution in [0.1, 0.15) is 28.7 Å². The highest BCUT2D eigenvalue weighted by atomic mass is 79.9. The van der Waals surface area contributed by atoms with Crippen molar-refractivity contribution < 1.29 is 19.1 Å². The van der Waals surface area contributed by atoms with Crippen molar-refractivity contribution >= 4 is 33.7 Å². The van der Waals surface area contributed by atoms with E-state index < -0.39 is 23.3 Å². The summed E-state index contributed by atoms with van der Waals surface area (Å²) in [6.07, 6.45) is 4.28. The van der Waals surface area contributed by atoms with Gasteiger partial charge in [-0.15, -0.1) is 0 Å². The highest BCUT2D eigenvalue weighted by Crippen LogP contribution is 2.72. The number of carbonyl (C=O) groups excluding carboxylic acids is 3. The molecule has 1 saturated carbocycles. The molecular weight excluding hydrogens is 508 g/mol. The number of imide groups is 1. The Morgan fingerprint density at radius 2 is 1.66 bits per heavy atom. The molecule has 1 N–H and O–H groups in total. The maximum absolute atomic E-state index is 13.6. The van der Waals surface area contributed by atoms with E-state index in [0.717, 1.165) is 21.2 Å². The van der Waals surface area contributed by atoms with E-state index in [-0.39, 0.29) is 41.6 Å². The first-order valence-corrected chi connectivity index (χ1v) is 12.8. The number of piperidine rings is 1. The highest BCUT2D eigenvalue weighted by molar-refractivity contribution is 9.10. The number of esters is 1. The Labute approximate surface area is 212 Å². The van der Waals surface area contributed by atoms with Crippen LogP contribution in [0.15, 0.2) is 65.2 Å². The Balaban J connectivity index is 1.60. The lowest BCUT2D eigenvalue weighted by atomic mass is 9.55. The molecule has 2 heterocycles. The van der Waals surface area contributed by atoms with E-state index in [4.69, 9.17) is 4.74 Å². The maximum atomic E-state index is 13.6. The molecule has 0 aromatic heterocycles. The van der Waals surface area contributed by atoms with Crippen LogP contribution in [0.2, 0.25) is 0 Å². The van der Waals surface area contributed by atoms with Crippen LogP contribution in [0.3, 0.4) is 0 Å². The molecule has 2 amide bonds. The number of aryl methyl sites for hydroxylation is 1. The molecule has 2 aromatic carbocycles. The first-order valence-electron chi connectivity index (χ1n) is 12.0. The van der Waals surface area contributed by atoms with Crippen molar-refractivity contribution in [2.45, 2.75) is 24.9 Å². The number of benzene rings is 2. The molecule has 2 aromatic rings. The summed E-state index contributed by atoms with van der Waals surface area (Å²) < 4.78 is 6.27. The van der Waals surface area contributed by atoms with Gasteiger partial charge < -0.3 is 4.74 Å². The van der Waals surface area contributed by atoms with Crippen LogP contribution in [0, 0.1) is 36.0 Å². The predicted molar refractivity (Wildman–Crippen MR) is 133 cm³/mol. The smallest absolute Gasteiger partial charge is 0.323 e. The molecule has 2 aliphatic heterocycles. The summed E-state index contributed by atoms with van der Waals surface area (Å²) in [4.78, 5) is 41.6. The topological polar surface area (TPSA) is 75.7 Å². The van der Waals surface area contributed by atoms with E-state index >= 15 is 0 Å². The molecule has 0 spiro atoms. The van der Waals surface area contributed by atoms with Crippen molar-refractivity contribution in [2.24, 2.45) is 29.1 Å². The van der Waals surface area contributed by atoms with Crippen molar-refractivity contribution in [2.75, 3.05) is 14.2 Å². The Hall–Kier alpha value is -2.77. The fourth-order valence-corrected chi connectivity index (χ4v) is 7.77. The summed E-state index contributed by atoms with van der Waals surface area (Å²) >= 11 is 3.51. The molecule has 8 atom stereocenters. The molecular formula is C28H27BrN2O4. The number of amides is 2. The Bertz CT molecular complexity index is 1260. The van der Waals surface area contributed by atoms with Gasteiger partial charge in [-0.2, -0.15) is 0 Å². The minimum atomic E-state index is -0.691. The van der Waals surface area contributed by atoms with E-state index in [9.17, 15) is 14.4 Å². The van der Waals surface area contributed by atoms with Gasteiger partial charge in [-0.3, -0.25) is 24.6 Å². The van der Waals surface area contributed by atoms with Gasteiger partial charge in [-0.05, 0) is 42.0 Å². The van der Waals surface area contributed by atoms with Crippen molar-refractivity contribution in [3.63, 3.8) is 0 Å². The van der Waals surface area contributed by atoms with Crippen LogP contribution in [0.5, 0.6) is 0 Å². The molecule has 6 rings (SSSR count). The molecule has 0 radical (unpaired) electrons. The van der Waals surface area contributed by atoms with Crippen molar-refractivity contribution in [3.05, 3.63) is 81.8 Å². The summed E-state index contributed by atoms with van der Waals surface area (Å²) in [7, 11) is 2.98. The number of fused-ring (bicyclic) bond motifs is 2.